The van der Waals surface area contributed by atoms with Crippen molar-refractivity contribution < 1.29 is 9.47 Å². The van der Waals surface area contributed by atoms with Gasteiger partial charge < -0.3 is 14.8 Å². The van der Waals surface area contributed by atoms with E-state index < -0.39 is 0 Å². The van der Waals surface area contributed by atoms with Gasteiger partial charge in [0.1, 0.15) is 12.4 Å². The van der Waals surface area contributed by atoms with Gasteiger partial charge in [0.25, 0.3) is 0 Å². The van der Waals surface area contributed by atoms with Gasteiger partial charge in [-0.2, -0.15) is 0 Å². The van der Waals surface area contributed by atoms with Crippen molar-refractivity contribution in [1.82, 2.24) is 5.32 Å². The number of ether oxygens (including phenoxy) is 2. The molecule has 1 N–H and O–H groups in total. The third-order valence-electron chi connectivity index (χ3n) is 2.45. The van der Waals surface area contributed by atoms with Gasteiger partial charge in [-0.15, -0.1) is 0 Å². The van der Waals surface area contributed by atoms with Gasteiger partial charge in [-0.3, -0.25) is 0 Å². The first-order valence-corrected chi connectivity index (χ1v) is 6.83. The average molecular weight is 272 g/mol. The number of rotatable bonds is 9. The maximum Gasteiger partial charge on any atom is 0.120 e. The normalized spacial score (nSPS) is 12.4. The molecule has 0 radical (unpaired) electrons. The maximum absolute atomic E-state index is 5.91. The molecule has 0 heterocycles. The van der Waals surface area contributed by atoms with Crippen molar-refractivity contribution >= 4 is 11.6 Å². The number of halogens is 1. The molecule has 0 amide bonds. The van der Waals surface area contributed by atoms with Gasteiger partial charge in [-0.1, -0.05) is 24.6 Å². The fourth-order valence-corrected chi connectivity index (χ4v) is 1.71. The third kappa shape index (κ3) is 6.24. The lowest BCUT2D eigenvalue weighted by molar-refractivity contribution is 0.103. The van der Waals surface area contributed by atoms with Crippen molar-refractivity contribution in [3.8, 4) is 5.75 Å². The summed E-state index contributed by atoms with van der Waals surface area (Å²) in [5.41, 5.74) is 0. The lowest BCUT2D eigenvalue weighted by atomic mass is 10.3. The van der Waals surface area contributed by atoms with Crippen LogP contribution < -0.4 is 10.1 Å². The van der Waals surface area contributed by atoms with E-state index in [1.807, 2.05) is 31.2 Å². The molecule has 4 heteroatoms. The summed E-state index contributed by atoms with van der Waals surface area (Å²) < 4.78 is 11.2. The van der Waals surface area contributed by atoms with Crippen LogP contribution in [0.15, 0.2) is 24.3 Å². The minimum absolute atomic E-state index is 0.212. The number of hydrogen-bond acceptors (Lipinski definition) is 3. The van der Waals surface area contributed by atoms with Gasteiger partial charge in [-0.25, -0.2) is 0 Å². The first-order valence-electron chi connectivity index (χ1n) is 6.45. The quantitative estimate of drug-likeness (QED) is 0.749. The summed E-state index contributed by atoms with van der Waals surface area (Å²) in [4.78, 5) is 0. The summed E-state index contributed by atoms with van der Waals surface area (Å²) in [6.07, 6.45) is 1.10. The molecule has 1 aromatic rings. The molecular weight excluding hydrogens is 250 g/mol. The van der Waals surface area contributed by atoms with Crippen LogP contribution in [0.1, 0.15) is 20.3 Å². The van der Waals surface area contributed by atoms with E-state index in [0.717, 1.165) is 25.3 Å². The number of hydrogen-bond donors (Lipinski definition) is 1. The minimum atomic E-state index is 0.212. The Bertz CT molecular complexity index is 325. The number of nitrogens with one attached hydrogen (secondary N) is 1. The highest BCUT2D eigenvalue weighted by Crippen LogP contribution is 2.17. The highest BCUT2D eigenvalue weighted by Gasteiger charge is 2.08. The monoisotopic (exact) mass is 271 g/mol. The molecule has 18 heavy (non-hydrogen) atoms. The Morgan fingerprint density at radius 3 is 2.78 bits per heavy atom. The van der Waals surface area contributed by atoms with E-state index in [0.29, 0.717) is 18.2 Å². The summed E-state index contributed by atoms with van der Waals surface area (Å²) in [7, 11) is 0. The Hall–Kier alpha value is -0.770. The zero-order valence-corrected chi connectivity index (χ0v) is 11.9. The van der Waals surface area contributed by atoms with E-state index >= 15 is 0 Å². The highest BCUT2D eigenvalue weighted by atomic mass is 35.5. The predicted molar refractivity (Wildman–Crippen MR) is 75.5 cm³/mol. The van der Waals surface area contributed by atoms with Crippen LogP contribution in [0.2, 0.25) is 5.02 Å². The van der Waals surface area contributed by atoms with Crippen molar-refractivity contribution in [3.63, 3.8) is 0 Å². The van der Waals surface area contributed by atoms with Crippen LogP contribution in [0.25, 0.3) is 0 Å². The van der Waals surface area contributed by atoms with Gasteiger partial charge in [0.2, 0.25) is 0 Å². The Balaban J connectivity index is 2.39. The van der Waals surface area contributed by atoms with E-state index in [1.54, 1.807) is 0 Å². The molecule has 3 nitrogen and oxygen atoms in total. The van der Waals surface area contributed by atoms with Crippen LogP contribution in [0.3, 0.4) is 0 Å². The molecule has 0 aromatic heterocycles. The fraction of sp³-hybridized carbons (Fsp3) is 0.571. The lowest BCUT2D eigenvalue weighted by Crippen LogP contribution is -2.39. The molecule has 0 spiro atoms. The Kier molecular flexibility index (Phi) is 7.81. The minimum Gasteiger partial charge on any atom is -0.492 e. The van der Waals surface area contributed by atoms with Crippen LogP contribution in [0.5, 0.6) is 5.75 Å². The standard InChI is InChI=1S/C14H22ClNO2/c1-3-8-16-13(10-17-4-2)11-18-14-7-5-6-12(15)9-14/h5-7,9,13,16H,3-4,8,10-11H2,1-2H3. The maximum atomic E-state index is 5.91. The lowest BCUT2D eigenvalue weighted by Gasteiger charge is -2.19. The molecule has 0 aliphatic heterocycles. The van der Waals surface area contributed by atoms with E-state index in [4.69, 9.17) is 21.1 Å². The van der Waals surface area contributed by atoms with Crippen molar-refractivity contribution in [2.75, 3.05) is 26.4 Å². The van der Waals surface area contributed by atoms with Crippen molar-refractivity contribution in [1.29, 1.82) is 0 Å². The van der Waals surface area contributed by atoms with Crippen LogP contribution in [-0.4, -0.2) is 32.4 Å². The molecular formula is C14H22ClNO2. The van der Waals surface area contributed by atoms with E-state index in [2.05, 4.69) is 12.2 Å². The van der Waals surface area contributed by atoms with Crippen molar-refractivity contribution in [3.05, 3.63) is 29.3 Å². The summed E-state index contributed by atoms with van der Waals surface area (Å²) in [6.45, 7) is 7.08. The van der Waals surface area contributed by atoms with Crippen molar-refractivity contribution in [2.24, 2.45) is 0 Å². The molecule has 0 aliphatic rings. The zero-order valence-electron chi connectivity index (χ0n) is 11.1. The first kappa shape index (κ1) is 15.3. The molecule has 1 rings (SSSR count). The second-order valence-electron chi connectivity index (χ2n) is 4.08. The summed E-state index contributed by atoms with van der Waals surface area (Å²) in [6, 6.07) is 7.66. The Morgan fingerprint density at radius 2 is 2.11 bits per heavy atom. The van der Waals surface area contributed by atoms with Crippen molar-refractivity contribution in [2.45, 2.75) is 26.3 Å². The smallest absolute Gasteiger partial charge is 0.120 e. The molecule has 102 valence electrons. The van der Waals surface area contributed by atoms with Crippen LogP contribution in [-0.2, 0) is 4.74 Å². The van der Waals surface area contributed by atoms with E-state index in [9.17, 15) is 0 Å². The van der Waals surface area contributed by atoms with Crippen LogP contribution in [0, 0.1) is 0 Å². The predicted octanol–water partition coefficient (Wildman–Crippen LogP) is 3.12. The molecule has 0 saturated heterocycles. The first-order chi connectivity index (χ1) is 8.76. The van der Waals surface area contributed by atoms with E-state index in [-0.39, 0.29) is 6.04 Å². The van der Waals surface area contributed by atoms with Gasteiger partial charge in [0, 0.05) is 11.6 Å². The summed E-state index contributed by atoms with van der Waals surface area (Å²) in [5.74, 6) is 0.794. The molecule has 1 atom stereocenters. The Labute approximate surface area is 114 Å². The summed E-state index contributed by atoms with van der Waals surface area (Å²) in [5, 5.41) is 4.10. The van der Waals surface area contributed by atoms with E-state index in [1.165, 1.54) is 0 Å². The molecule has 0 saturated carbocycles. The molecule has 0 fully saturated rings. The third-order valence-corrected chi connectivity index (χ3v) is 2.69. The van der Waals surface area contributed by atoms with Gasteiger partial charge in [-0.05, 0) is 38.1 Å². The van der Waals surface area contributed by atoms with Gasteiger partial charge >= 0.3 is 0 Å². The largest absolute Gasteiger partial charge is 0.492 e. The molecule has 1 unspecified atom stereocenters. The SMILES string of the molecule is CCCNC(COCC)COc1cccc(Cl)c1. The zero-order chi connectivity index (χ0) is 13.2. The summed E-state index contributed by atoms with van der Waals surface area (Å²) >= 11 is 5.91. The topological polar surface area (TPSA) is 30.5 Å². The van der Waals surface area contributed by atoms with Gasteiger partial charge in [0.15, 0.2) is 0 Å². The number of benzene rings is 1. The second kappa shape index (κ2) is 9.20. The fourth-order valence-electron chi connectivity index (χ4n) is 1.53. The molecule has 0 bridgehead atoms. The highest BCUT2D eigenvalue weighted by molar-refractivity contribution is 6.30. The average Bonchev–Trinajstić information content (AvgIpc) is 2.38. The Morgan fingerprint density at radius 1 is 1.28 bits per heavy atom. The van der Waals surface area contributed by atoms with Crippen LogP contribution in [0.4, 0.5) is 0 Å². The second-order valence-corrected chi connectivity index (χ2v) is 4.52. The molecule has 1 aromatic carbocycles. The molecule has 0 aliphatic carbocycles. The van der Waals surface area contributed by atoms with Crippen LogP contribution >= 0.6 is 11.6 Å². The van der Waals surface area contributed by atoms with Gasteiger partial charge in [0.05, 0.1) is 12.6 Å².